The van der Waals surface area contributed by atoms with Gasteiger partial charge in [-0.3, -0.25) is 0 Å². The number of nitrogens with two attached hydrogens (primary N) is 1. The highest BCUT2D eigenvalue weighted by Gasteiger charge is 2.22. The Hall–Kier alpha value is -4.85. The number of carboxylic acid groups (broad SMARTS) is 2. The van der Waals surface area contributed by atoms with Crippen LogP contribution in [0.1, 0.15) is 64.0 Å². The number of amides is 3. The number of unbranched alkanes of at least 4 members (excludes halogenated alkanes) is 1. The molecule has 3 amide bonds. The van der Waals surface area contributed by atoms with Crippen molar-refractivity contribution < 1.29 is 48.4 Å². The highest BCUT2D eigenvalue weighted by atomic mass is 16.6. The van der Waals surface area contributed by atoms with Gasteiger partial charge in [0.2, 0.25) is 0 Å². The normalized spacial score (nSPS) is 11.8. The van der Waals surface area contributed by atoms with Gasteiger partial charge in [0.15, 0.2) is 0 Å². The molecule has 2 rings (SSSR count). The molecule has 0 bridgehead atoms. The Morgan fingerprint density at radius 1 is 0.696 bits per heavy atom. The quantitative estimate of drug-likeness (QED) is 0.112. The number of carboxylic acids is 2. The van der Waals surface area contributed by atoms with E-state index in [1.54, 1.807) is 32.9 Å². The third-order valence-corrected chi connectivity index (χ3v) is 5.89. The predicted molar refractivity (Wildman–Crippen MR) is 169 cm³/mol. The van der Waals surface area contributed by atoms with Crippen LogP contribution in [0.3, 0.4) is 0 Å². The van der Waals surface area contributed by atoms with Crippen molar-refractivity contribution in [3.63, 3.8) is 0 Å². The van der Waals surface area contributed by atoms with Crippen LogP contribution in [0.4, 0.5) is 14.4 Å². The fourth-order valence-corrected chi connectivity index (χ4v) is 3.63. The minimum Gasteiger partial charge on any atom is -0.480 e. The monoisotopic (exact) mass is 646 g/mol. The van der Waals surface area contributed by atoms with Gasteiger partial charge in [0.05, 0.1) is 0 Å². The van der Waals surface area contributed by atoms with E-state index >= 15 is 0 Å². The zero-order valence-electron chi connectivity index (χ0n) is 26.5. The third kappa shape index (κ3) is 19.4. The Morgan fingerprint density at radius 3 is 1.52 bits per heavy atom. The molecule has 2 aromatic rings. The molecule has 254 valence electrons. The van der Waals surface area contributed by atoms with E-state index in [1.165, 1.54) is 0 Å². The minimum absolute atomic E-state index is 0.0548. The lowest BCUT2D eigenvalue weighted by Gasteiger charge is -2.20. The first-order valence-corrected chi connectivity index (χ1v) is 14.9. The van der Waals surface area contributed by atoms with E-state index in [0.29, 0.717) is 25.8 Å². The van der Waals surface area contributed by atoms with Crippen molar-refractivity contribution in [1.82, 2.24) is 16.0 Å². The van der Waals surface area contributed by atoms with E-state index in [0.717, 1.165) is 17.5 Å². The molecule has 2 unspecified atom stereocenters. The molecule has 0 fully saturated rings. The summed E-state index contributed by atoms with van der Waals surface area (Å²) in [7, 11) is 0. The van der Waals surface area contributed by atoms with E-state index in [2.05, 4.69) is 16.0 Å². The van der Waals surface area contributed by atoms with E-state index in [-0.39, 0.29) is 26.2 Å². The number of ether oxygens (including phenoxy) is 3. The summed E-state index contributed by atoms with van der Waals surface area (Å²) in [6.07, 6.45) is 0.111. The van der Waals surface area contributed by atoms with Crippen LogP contribution in [0.5, 0.6) is 0 Å². The molecule has 0 aliphatic heterocycles. The van der Waals surface area contributed by atoms with Gasteiger partial charge in [0, 0.05) is 6.54 Å². The topological polar surface area (TPSA) is 216 Å². The van der Waals surface area contributed by atoms with Gasteiger partial charge < -0.3 is 46.1 Å². The lowest BCUT2D eigenvalue weighted by Crippen LogP contribution is -2.41. The van der Waals surface area contributed by atoms with E-state index < -0.39 is 47.9 Å². The van der Waals surface area contributed by atoms with Gasteiger partial charge >= 0.3 is 30.2 Å². The zero-order valence-corrected chi connectivity index (χ0v) is 26.5. The second-order valence-corrected chi connectivity index (χ2v) is 11.0. The summed E-state index contributed by atoms with van der Waals surface area (Å²) < 4.78 is 15.1. The van der Waals surface area contributed by atoms with Gasteiger partial charge in [0.1, 0.15) is 30.9 Å². The number of aliphatic carboxylic acids is 2. The molecule has 0 aromatic heterocycles. The molecule has 14 heteroatoms. The van der Waals surface area contributed by atoms with Gasteiger partial charge in [-0.25, -0.2) is 24.0 Å². The van der Waals surface area contributed by atoms with Crippen LogP contribution in [-0.4, -0.2) is 71.2 Å². The smallest absolute Gasteiger partial charge is 0.408 e. The Labute approximate surface area is 269 Å². The second-order valence-electron chi connectivity index (χ2n) is 11.0. The Kier molecular flexibility index (Phi) is 18.6. The number of hydrogen-bond acceptors (Lipinski definition) is 9. The van der Waals surface area contributed by atoms with Crippen molar-refractivity contribution in [3.05, 3.63) is 71.8 Å². The highest BCUT2D eigenvalue weighted by molar-refractivity contribution is 5.80. The molecule has 0 heterocycles. The first-order chi connectivity index (χ1) is 21.8. The molecule has 0 saturated carbocycles. The molecule has 0 aliphatic carbocycles. The fourth-order valence-electron chi connectivity index (χ4n) is 3.63. The minimum atomic E-state index is -1.17. The van der Waals surface area contributed by atoms with Crippen LogP contribution < -0.4 is 21.7 Å². The third-order valence-electron chi connectivity index (χ3n) is 5.89. The molecule has 0 radical (unpaired) electrons. The molecule has 0 aliphatic rings. The van der Waals surface area contributed by atoms with E-state index in [1.807, 2.05) is 48.5 Å². The van der Waals surface area contributed by atoms with Gasteiger partial charge in [-0.1, -0.05) is 60.7 Å². The number of hydrogen-bond donors (Lipinski definition) is 6. The summed E-state index contributed by atoms with van der Waals surface area (Å²) in [5, 5.41) is 25.4. The van der Waals surface area contributed by atoms with Crippen LogP contribution in [0, 0.1) is 0 Å². The van der Waals surface area contributed by atoms with Crippen LogP contribution in [0.2, 0.25) is 0 Å². The maximum atomic E-state index is 11.7. The average Bonchev–Trinajstić information content (AvgIpc) is 3.00. The summed E-state index contributed by atoms with van der Waals surface area (Å²) in [5.41, 5.74) is 6.39. The van der Waals surface area contributed by atoms with E-state index in [4.69, 9.17) is 25.1 Å². The number of rotatable bonds is 16. The Morgan fingerprint density at radius 2 is 1.13 bits per heavy atom. The van der Waals surface area contributed by atoms with Crippen molar-refractivity contribution in [2.45, 2.75) is 83.8 Å². The van der Waals surface area contributed by atoms with Gasteiger partial charge in [-0.15, -0.1) is 0 Å². The lowest BCUT2D eigenvalue weighted by atomic mass is 10.1. The van der Waals surface area contributed by atoms with Crippen molar-refractivity contribution in [3.8, 4) is 0 Å². The van der Waals surface area contributed by atoms with Crippen LogP contribution in [0.25, 0.3) is 0 Å². The largest absolute Gasteiger partial charge is 0.480 e. The number of benzene rings is 2. The SMILES string of the molecule is CC(C)(C)OC(=O)NCCCC(NC(=O)OCc1ccccc1)C(=O)O.NCCCCC(NC(=O)OCc1ccccc1)C(=O)O. The van der Waals surface area contributed by atoms with E-state index in [9.17, 15) is 29.1 Å². The van der Waals surface area contributed by atoms with Crippen molar-refractivity contribution in [2.75, 3.05) is 13.1 Å². The van der Waals surface area contributed by atoms with Gasteiger partial charge in [-0.2, -0.15) is 0 Å². The van der Waals surface area contributed by atoms with Crippen LogP contribution in [-0.2, 0) is 37.0 Å². The molecular weight excluding hydrogens is 600 g/mol. The first-order valence-electron chi connectivity index (χ1n) is 14.9. The average molecular weight is 647 g/mol. The van der Waals surface area contributed by atoms with Crippen LogP contribution in [0.15, 0.2) is 60.7 Å². The van der Waals surface area contributed by atoms with Crippen LogP contribution >= 0.6 is 0 Å². The highest BCUT2D eigenvalue weighted by Crippen LogP contribution is 2.07. The molecule has 46 heavy (non-hydrogen) atoms. The van der Waals surface area contributed by atoms with Gasteiger partial charge in [0.25, 0.3) is 0 Å². The Bertz CT molecular complexity index is 1210. The summed E-state index contributed by atoms with van der Waals surface area (Å²) in [6.45, 7) is 6.15. The van der Waals surface area contributed by atoms with Crippen molar-refractivity contribution in [1.29, 1.82) is 0 Å². The first kappa shape index (κ1) is 39.2. The maximum Gasteiger partial charge on any atom is 0.408 e. The molecule has 2 atom stereocenters. The zero-order chi connectivity index (χ0) is 34.4. The molecule has 14 nitrogen and oxygen atoms in total. The number of alkyl carbamates (subject to hydrolysis) is 3. The number of carbonyl (C=O) groups excluding carboxylic acids is 3. The lowest BCUT2D eigenvalue weighted by molar-refractivity contribution is -0.140. The summed E-state index contributed by atoms with van der Waals surface area (Å²) in [5.74, 6) is -2.24. The Balaban J connectivity index is 0.000000476. The molecule has 2 aromatic carbocycles. The number of carbonyl (C=O) groups is 5. The predicted octanol–water partition coefficient (Wildman–Crippen LogP) is 4.17. The van der Waals surface area contributed by atoms with Crippen molar-refractivity contribution >= 4 is 30.2 Å². The number of nitrogens with one attached hydrogen (secondary N) is 3. The summed E-state index contributed by atoms with van der Waals surface area (Å²) in [4.78, 5) is 57.0. The maximum absolute atomic E-state index is 11.7. The van der Waals surface area contributed by atoms with Crippen molar-refractivity contribution in [2.24, 2.45) is 5.73 Å². The molecule has 7 N–H and O–H groups in total. The molecule has 0 saturated heterocycles. The molecule has 0 spiro atoms. The molecular formula is C32H46N4O10. The fraction of sp³-hybridized carbons (Fsp3) is 0.469. The summed E-state index contributed by atoms with van der Waals surface area (Å²) in [6, 6.07) is 16.2. The second kappa shape index (κ2) is 21.8. The van der Waals surface area contributed by atoms with Gasteiger partial charge in [-0.05, 0) is 70.5 Å². The standard InChI is InChI=1S/C18H26N2O6.C14H20N2O4/c1-18(2,3)26-16(23)19-11-7-10-14(15(21)22)20-17(24)25-12-13-8-5-4-6-9-13;15-9-5-4-8-12(13(17)18)16-14(19)20-10-11-6-2-1-3-7-11/h4-6,8-9,14H,7,10-12H2,1-3H3,(H,19,23)(H,20,24)(H,21,22);1-3,6-7,12H,4-5,8-10,15H2,(H,16,19)(H,17,18). The summed E-state index contributed by atoms with van der Waals surface area (Å²) >= 11 is 0.